The first kappa shape index (κ1) is 18.4. The Bertz CT molecular complexity index is 1280. The van der Waals surface area contributed by atoms with Gasteiger partial charge in [-0.05, 0) is 31.0 Å². The average molecular weight is 467 g/mol. The molecule has 1 N–H and O–H groups in total. The number of hydrogen-bond donors (Lipinski definition) is 1. The molecule has 2 aliphatic rings. The molecule has 0 atom stereocenters. The Balaban J connectivity index is 1.19. The van der Waals surface area contributed by atoms with E-state index in [1.54, 1.807) is 29.2 Å². The first-order valence-corrected chi connectivity index (χ1v) is 10.9. The molecule has 0 spiro atoms. The van der Waals surface area contributed by atoms with Crippen LogP contribution in [0.3, 0.4) is 0 Å². The molecule has 5 rings (SSSR count). The maximum atomic E-state index is 12.7. The van der Waals surface area contributed by atoms with Crippen molar-refractivity contribution in [2.75, 3.05) is 31.6 Å². The smallest absolute Gasteiger partial charge is 0.331 e. The first-order valence-electron chi connectivity index (χ1n) is 12.4. The van der Waals surface area contributed by atoms with Crippen LogP contribution in [0.25, 0.3) is 11.3 Å². The van der Waals surface area contributed by atoms with Gasteiger partial charge >= 0.3 is 12.1 Å². The van der Waals surface area contributed by atoms with Crippen LogP contribution in [0.2, 0.25) is 0 Å². The lowest BCUT2D eigenvalue weighted by molar-refractivity contribution is 0.0510. The average Bonchev–Trinajstić information content (AvgIpc) is 3.54. The summed E-state index contributed by atoms with van der Waals surface area (Å²) in [6.45, 7) is -0.313. The summed E-state index contributed by atoms with van der Waals surface area (Å²) in [5, 5.41) is 6.53. The van der Waals surface area contributed by atoms with Gasteiger partial charge in [-0.2, -0.15) is 5.10 Å². The van der Waals surface area contributed by atoms with Gasteiger partial charge in [-0.3, -0.25) is 15.0 Å². The van der Waals surface area contributed by atoms with Gasteiger partial charge < -0.3 is 14.4 Å². The molecule has 2 fully saturated rings. The van der Waals surface area contributed by atoms with Crippen molar-refractivity contribution >= 4 is 17.9 Å². The van der Waals surface area contributed by atoms with Gasteiger partial charge in [-0.25, -0.2) is 19.5 Å². The summed E-state index contributed by atoms with van der Waals surface area (Å²) in [7, 11) is 0. The Morgan fingerprint density at radius 2 is 2.06 bits per heavy atom. The van der Waals surface area contributed by atoms with Crippen LogP contribution in [-0.4, -0.2) is 74.0 Å². The zero-order valence-electron chi connectivity index (χ0n) is 21.3. The number of rotatable bonds is 5. The molecule has 0 unspecified atom stereocenters. The predicted octanol–water partition coefficient (Wildman–Crippen LogP) is 3.12. The van der Waals surface area contributed by atoms with Crippen LogP contribution < -0.4 is 10.1 Å². The Labute approximate surface area is 200 Å². The first-order chi connectivity index (χ1) is 17.8. The highest BCUT2D eigenvalue weighted by Crippen LogP contribution is 2.26. The molecule has 2 saturated heterocycles. The lowest BCUT2D eigenvalue weighted by Crippen LogP contribution is -2.44. The Hall–Kier alpha value is -3.99. The van der Waals surface area contributed by atoms with Gasteiger partial charge in [-0.15, -0.1) is 0 Å². The molecule has 3 aromatic heterocycles. The second-order valence-corrected chi connectivity index (χ2v) is 7.93. The van der Waals surface area contributed by atoms with Crippen LogP contribution in [0.5, 0.6) is 11.5 Å². The number of carbonyl (C=O) groups excluding carboxylic acids is 2. The van der Waals surface area contributed by atoms with E-state index in [2.05, 4.69) is 20.4 Å². The molecule has 11 heteroatoms. The summed E-state index contributed by atoms with van der Waals surface area (Å²) in [6.07, 6.45) is 7.35. The Morgan fingerprint density at radius 1 is 1.18 bits per heavy atom. The molecular formula is C23H25N7O4. The van der Waals surface area contributed by atoms with E-state index in [9.17, 15) is 9.59 Å². The number of aryl methyl sites for hydroxylation is 1. The summed E-state index contributed by atoms with van der Waals surface area (Å²) in [5.74, 6) is 1.15. The van der Waals surface area contributed by atoms with E-state index < -0.39 is 13.0 Å². The summed E-state index contributed by atoms with van der Waals surface area (Å²) < 4.78 is 34.4. The highest BCUT2D eigenvalue weighted by atomic mass is 16.5. The number of pyridine rings is 2. The fourth-order valence-corrected chi connectivity index (χ4v) is 3.99. The van der Waals surface area contributed by atoms with E-state index >= 15 is 0 Å². The van der Waals surface area contributed by atoms with Gasteiger partial charge in [0.25, 0.3) is 0 Å². The van der Waals surface area contributed by atoms with Crippen molar-refractivity contribution in [3.8, 4) is 22.8 Å². The molecular weight excluding hydrogens is 438 g/mol. The van der Waals surface area contributed by atoms with Crippen molar-refractivity contribution in [3.05, 3.63) is 49.1 Å². The van der Waals surface area contributed by atoms with Crippen molar-refractivity contribution in [1.29, 1.82) is 0 Å². The third-order valence-corrected chi connectivity index (χ3v) is 5.73. The number of ether oxygens (including phenoxy) is 2. The number of anilines is 1. The highest BCUT2D eigenvalue weighted by Gasteiger charge is 2.37. The van der Waals surface area contributed by atoms with Gasteiger partial charge in [0.1, 0.15) is 17.3 Å². The van der Waals surface area contributed by atoms with Crippen LogP contribution in [-0.2, 0) is 11.7 Å². The molecule has 5 heterocycles. The van der Waals surface area contributed by atoms with E-state index in [4.69, 9.17) is 13.6 Å². The zero-order valence-corrected chi connectivity index (χ0v) is 18.3. The quantitative estimate of drug-likeness (QED) is 0.614. The van der Waals surface area contributed by atoms with Gasteiger partial charge in [-0.1, -0.05) is 0 Å². The summed E-state index contributed by atoms with van der Waals surface area (Å²) in [6, 6.07) is 5.78. The third kappa shape index (κ3) is 4.69. The number of aromatic nitrogens is 4. The fraction of sp³-hybridized carbons (Fsp3) is 0.348. The maximum absolute atomic E-state index is 12.7. The van der Waals surface area contributed by atoms with Crippen molar-refractivity contribution in [3.63, 3.8) is 0 Å². The van der Waals surface area contributed by atoms with Crippen molar-refractivity contribution in [1.82, 2.24) is 29.5 Å². The van der Waals surface area contributed by atoms with E-state index in [1.807, 2.05) is 0 Å². The fourth-order valence-electron chi connectivity index (χ4n) is 3.99. The normalized spacial score (nSPS) is 18.4. The number of hydrogen-bond acceptors (Lipinski definition) is 7. The van der Waals surface area contributed by atoms with Gasteiger partial charge in [0, 0.05) is 67.5 Å². The number of nitrogens with zero attached hydrogens (tertiary/aromatic N) is 6. The SMILES string of the molecule is [2H]C([2H])([2H])n1cc(-c2cc(Oc3ccc(NC(=O)N4CCN(C5CCOCC5)C4=O)nc3)ccn2)cn1. The summed E-state index contributed by atoms with van der Waals surface area (Å²) >= 11 is 0. The molecule has 0 saturated carbocycles. The molecule has 0 radical (unpaired) electrons. The molecule has 0 aromatic carbocycles. The largest absolute Gasteiger partial charge is 0.456 e. The number of amides is 4. The van der Waals surface area contributed by atoms with E-state index in [1.165, 1.54) is 29.7 Å². The molecule has 34 heavy (non-hydrogen) atoms. The van der Waals surface area contributed by atoms with Gasteiger partial charge in [0.15, 0.2) is 0 Å². The van der Waals surface area contributed by atoms with E-state index in [-0.39, 0.29) is 17.9 Å². The Morgan fingerprint density at radius 3 is 2.82 bits per heavy atom. The number of carbonyl (C=O) groups is 2. The second-order valence-electron chi connectivity index (χ2n) is 7.93. The molecule has 0 aliphatic carbocycles. The Kier molecular flexibility index (Phi) is 5.14. The molecule has 0 bridgehead atoms. The van der Waals surface area contributed by atoms with Crippen LogP contribution in [0, 0.1) is 0 Å². The molecule has 2 aliphatic heterocycles. The minimum absolute atomic E-state index is 0.0973. The maximum Gasteiger partial charge on any atom is 0.331 e. The number of urea groups is 2. The molecule has 11 nitrogen and oxygen atoms in total. The standard InChI is InChI=1S/C23H25N7O4/c1-28-15-16(13-26-28)20-12-18(4-7-24-20)34-19-2-3-21(25-14-19)27-22(31)30-9-8-29(23(30)32)17-5-10-33-11-6-17/h2-4,7,12-15,17H,5-6,8-11H2,1H3,(H,25,27,31)/i1D3. The molecule has 176 valence electrons. The molecule has 4 amide bonds. The molecule has 3 aromatic rings. The van der Waals surface area contributed by atoms with Crippen molar-refractivity contribution in [2.24, 2.45) is 6.98 Å². The van der Waals surface area contributed by atoms with Gasteiger partial charge in [0.05, 0.1) is 18.1 Å². The van der Waals surface area contributed by atoms with Crippen molar-refractivity contribution in [2.45, 2.75) is 18.9 Å². The summed E-state index contributed by atoms with van der Waals surface area (Å²) in [5.41, 5.74) is 1.03. The minimum atomic E-state index is -2.37. The van der Waals surface area contributed by atoms with E-state index in [0.29, 0.717) is 49.1 Å². The van der Waals surface area contributed by atoms with Crippen molar-refractivity contribution < 1.29 is 23.2 Å². The second kappa shape index (κ2) is 9.48. The third-order valence-electron chi connectivity index (χ3n) is 5.73. The monoisotopic (exact) mass is 466 g/mol. The highest BCUT2D eigenvalue weighted by molar-refractivity contribution is 6.01. The summed E-state index contributed by atoms with van der Waals surface area (Å²) in [4.78, 5) is 36.8. The number of imide groups is 1. The lowest BCUT2D eigenvalue weighted by atomic mass is 10.1. The zero-order chi connectivity index (χ0) is 26.0. The van der Waals surface area contributed by atoms with Crippen LogP contribution in [0.4, 0.5) is 15.4 Å². The minimum Gasteiger partial charge on any atom is -0.456 e. The van der Waals surface area contributed by atoms with Gasteiger partial charge in [0.2, 0.25) is 0 Å². The number of nitrogens with one attached hydrogen (secondary N) is 1. The van der Waals surface area contributed by atoms with Crippen LogP contribution in [0.1, 0.15) is 17.0 Å². The van der Waals surface area contributed by atoms with Crippen LogP contribution in [0.15, 0.2) is 49.1 Å². The van der Waals surface area contributed by atoms with E-state index in [0.717, 1.165) is 17.5 Å². The topological polar surface area (TPSA) is 115 Å². The van der Waals surface area contributed by atoms with Crippen LogP contribution >= 0.6 is 0 Å². The lowest BCUT2D eigenvalue weighted by Gasteiger charge is -2.30. The predicted molar refractivity (Wildman–Crippen MR) is 122 cm³/mol.